The number of hydrogen-bond acceptors (Lipinski definition) is 5. The van der Waals surface area contributed by atoms with Gasteiger partial charge in [-0.3, -0.25) is 14.4 Å². The summed E-state index contributed by atoms with van der Waals surface area (Å²) in [6.45, 7) is 4.45. The van der Waals surface area contributed by atoms with Gasteiger partial charge in [0, 0.05) is 17.0 Å². The van der Waals surface area contributed by atoms with E-state index in [4.69, 9.17) is 16.3 Å². The van der Waals surface area contributed by atoms with Gasteiger partial charge in [0.25, 0.3) is 0 Å². The Balaban J connectivity index is 1.40. The van der Waals surface area contributed by atoms with Crippen molar-refractivity contribution in [3.8, 4) is 0 Å². The van der Waals surface area contributed by atoms with Crippen LogP contribution in [0, 0.1) is 11.8 Å². The number of carbonyl (C=O) groups excluding carboxylic acids is 3. The third-order valence-corrected chi connectivity index (χ3v) is 10.3. The second-order valence-corrected chi connectivity index (χ2v) is 14.2. The van der Waals surface area contributed by atoms with E-state index in [1.54, 1.807) is 6.07 Å². The fourth-order valence-electron chi connectivity index (χ4n) is 7.46. The van der Waals surface area contributed by atoms with Crippen LogP contribution in [0.15, 0.2) is 42.5 Å². The number of carbonyl (C=O) groups is 4. The molecule has 5 rings (SSSR count). The predicted molar refractivity (Wildman–Crippen MR) is 176 cm³/mol. The molecule has 1 heterocycles. The number of aryl methyl sites for hydroxylation is 2. The van der Waals surface area contributed by atoms with Crippen molar-refractivity contribution in [2.24, 2.45) is 11.8 Å². The maximum atomic E-state index is 13.8. The lowest BCUT2D eigenvalue weighted by molar-refractivity contribution is -0.138. The Labute approximate surface area is 276 Å². The van der Waals surface area contributed by atoms with Crippen molar-refractivity contribution in [3.05, 3.63) is 69.7 Å². The van der Waals surface area contributed by atoms with Crippen molar-refractivity contribution < 1.29 is 29.0 Å². The van der Waals surface area contributed by atoms with E-state index in [1.165, 1.54) is 11.1 Å². The molecule has 0 aromatic heterocycles. The van der Waals surface area contributed by atoms with Gasteiger partial charge >= 0.3 is 12.1 Å². The maximum Gasteiger partial charge on any atom is 0.408 e. The fraction of sp³-hybridized carbons (Fsp3) is 0.556. The molecule has 2 aromatic carbocycles. The lowest BCUT2D eigenvalue weighted by Crippen LogP contribution is -2.53. The van der Waals surface area contributed by atoms with Crippen LogP contribution < -0.4 is 16.0 Å². The molecule has 2 unspecified atom stereocenters. The Kier molecular flexibility index (Phi) is 10.9. The van der Waals surface area contributed by atoms with Crippen molar-refractivity contribution in [1.29, 1.82) is 0 Å². The summed E-state index contributed by atoms with van der Waals surface area (Å²) in [6.07, 6.45) is 7.26. The standard InChI is InChI=1S/C36H46ClN3O6/c1-36(2,26-12-7-13-27(37)20-26)32(25-15-14-23-10-6-11-24(23)19-25)46-35(45)40-30(18-22-8-4-3-5-9-22)34(44)39-29(21-31(41)42)28-16-17-38-33(28)43/h7,12-15,19-20,22,28-30,32H,3-6,8-11,16-18,21H2,1-2H3,(H,38,43)(H,39,44)(H,40,45)(H,41,42)/t28-,29?,30-,32?/m0/s1. The summed E-state index contributed by atoms with van der Waals surface area (Å²) < 4.78 is 6.28. The summed E-state index contributed by atoms with van der Waals surface area (Å²) in [5, 5.41) is 18.6. The lowest BCUT2D eigenvalue weighted by Gasteiger charge is -2.36. The monoisotopic (exact) mass is 651 g/mol. The summed E-state index contributed by atoms with van der Waals surface area (Å²) in [7, 11) is 0. The van der Waals surface area contributed by atoms with Gasteiger partial charge < -0.3 is 25.8 Å². The van der Waals surface area contributed by atoms with Gasteiger partial charge in [-0.2, -0.15) is 0 Å². The number of benzene rings is 2. The van der Waals surface area contributed by atoms with Crippen LogP contribution in [0.3, 0.4) is 0 Å². The number of carboxylic acids is 1. The lowest BCUT2D eigenvalue weighted by atomic mass is 9.76. The Morgan fingerprint density at radius 3 is 2.46 bits per heavy atom. The van der Waals surface area contributed by atoms with Gasteiger partial charge in [0.15, 0.2) is 0 Å². The molecule has 1 saturated carbocycles. The van der Waals surface area contributed by atoms with E-state index in [9.17, 15) is 24.3 Å². The number of ether oxygens (including phenoxy) is 1. The molecule has 10 heteroatoms. The van der Waals surface area contributed by atoms with Crippen LogP contribution in [0.2, 0.25) is 5.02 Å². The highest BCUT2D eigenvalue weighted by Gasteiger charge is 2.39. The molecular formula is C36H46ClN3O6. The van der Waals surface area contributed by atoms with Crippen LogP contribution >= 0.6 is 11.6 Å². The molecule has 4 N–H and O–H groups in total. The second kappa shape index (κ2) is 14.9. The van der Waals surface area contributed by atoms with Gasteiger partial charge in [-0.05, 0) is 72.4 Å². The topological polar surface area (TPSA) is 134 Å². The van der Waals surface area contributed by atoms with Crippen LogP contribution in [-0.4, -0.2) is 47.6 Å². The molecule has 0 bridgehead atoms. The molecule has 2 aromatic rings. The molecule has 4 atom stereocenters. The number of aliphatic carboxylic acids is 1. The number of rotatable bonds is 12. The van der Waals surface area contributed by atoms with E-state index in [1.807, 2.05) is 38.1 Å². The molecule has 3 amide bonds. The van der Waals surface area contributed by atoms with E-state index in [-0.39, 0.29) is 11.8 Å². The first-order valence-electron chi connectivity index (χ1n) is 16.7. The minimum atomic E-state index is -1.11. The first-order chi connectivity index (χ1) is 22.0. The van der Waals surface area contributed by atoms with E-state index in [2.05, 4.69) is 28.1 Å². The Bertz CT molecular complexity index is 1440. The molecule has 9 nitrogen and oxygen atoms in total. The normalized spacial score (nSPS) is 20.2. The second-order valence-electron chi connectivity index (χ2n) is 13.7. The predicted octanol–water partition coefficient (Wildman–Crippen LogP) is 6.01. The zero-order valence-electron chi connectivity index (χ0n) is 26.8. The zero-order chi connectivity index (χ0) is 32.8. The summed E-state index contributed by atoms with van der Waals surface area (Å²) in [5.41, 5.74) is 3.65. The third kappa shape index (κ3) is 8.21. The number of carboxylic acid groups (broad SMARTS) is 1. The Hall–Kier alpha value is -3.59. The van der Waals surface area contributed by atoms with Crippen LogP contribution in [0.4, 0.5) is 4.79 Å². The van der Waals surface area contributed by atoms with Gasteiger partial charge in [-0.15, -0.1) is 0 Å². The molecule has 0 radical (unpaired) electrons. The SMILES string of the molecule is CC(C)(c1cccc(Cl)c1)C(OC(=O)N[C@@H](CC1CCCCC1)C(=O)NC(CC(=O)O)[C@@H]1CCNC1=O)c1ccc2c(c1)CCC2. The van der Waals surface area contributed by atoms with Gasteiger partial charge in [0.1, 0.15) is 12.1 Å². The number of halogens is 1. The van der Waals surface area contributed by atoms with Gasteiger partial charge in [-0.1, -0.05) is 87.9 Å². The Morgan fingerprint density at radius 1 is 1.00 bits per heavy atom. The quantitative estimate of drug-likeness (QED) is 0.222. The molecule has 2 aliphatic carbocycles. The number of amides is 3. The van der Waals surface area contributed by atoms with Gasteiger partial charge in [0.2, 0.25) is 11.8 Å². The first-order valence-corrected chi connectivity index (χ1v) is 17.0. The maximum absolute atomic E-state index is 13.8. The highest BCUT2D eigenvalue weighted by Crippen LogP contribution is 2.42. The van der Waals surface area contributed by atoms with Gasteiger partial charge in [-0.25, -0.2) is 4.79 Å². The summed E-state index contributed by atoms with van der Waals surface area (Å²) in [5.74, 6) is -2.31. The van der Waals surface area contributed by atoms with Crippen molar-refractivity contribution >= 4 is 35.5 Å². The molecule has 0 spiro atoms. The average Bonchev–Trinajstić information content (AvgIpc) is 3.67. The van der Waals surface area contributed by atoms with Crippen LogP contribution in [-0.2, 0) is 37.4 Å². The molecule has 46 heavy (non-hydrogen) atoms. The highest BCUT2D eigenvalue weighted by atomic mass is 35.5. The molecule has 2 fully saturated rings. The van der Waals surface area contributed by atoms with Crippen molar-refractivity contribution in [3.63, 3.8) is 0 Å². The fourth-order valence-corrected chi connectivity index (χ4v) is 7.65. The van der Waals surface area contributed by atoms with E-state index in [0.29, 0.717) is 24.4 Å². The number of fused-ring (bicyclic) bond motifs is 1. The molecule has 248 valence electrons. The van der Waals surface area contributed by atoms with Crippen LogP contribution in [0.5, 0.6) is 0 Å². The van der Waals surface area contributed by atoms with Crippen molar-refractivity contribution in [2.75, 3.05) is 6.54 Å². The summed E-state index contributed by atoms with van der Waals surface area (Å²) in [6, 6.07) is 11.9. The number of hydrogen-bond donors (Lipinski definition) is 4. The molecule has 3 aliphatic rings. The average molecular weight is 652 g/mol. The molecule has 1 saturated heterocycles. The summed E-state index contributed by atoms with van der Waals surface area (Å²) in [4.78, 5) is 51.8. The van der Waals surface area contributed by atoms with Gasteiger partial charge in [0.05, 0.1) is 18.4 Å². The minimum Gasteiger partial charge on any atom is -0.481 e. The number of nitrogens with one attached hydrogen (secondary N) is 3. The summed E-state index contributed by atoms with van der Waals surface area (Å²) >= 11 is 6.38. The smallest absolute Gasteiger partial charge is 0.408 e. The largest absolute Gasteiger partial charge is 0.481 e. The van der Waals surface area contributed by atoms with Crippen molar-refractivity contribution in [1.82, 2.24) is 16.0 Å². The van der Waals surface area contributed by atoms with E-state index >= 15 is 0 Å². The van der Waals surface area contributed by atoms with E-state index < -0.39 is 53.9 Å². The molecule has 1 aliphatic heterocycles. The number of alkyl carbamates (subject to hydrolysis) is 1. The van der Waals surface area contributed by atoms with E-state index in [0.717, 1.165) is 62.5 Å². The van der Waals surface area contributed by atoms with Crippen LogP contribution in [0.1, 0.15) is 100.0 Å². The zero-order valence-corrected chi connectivity index (χ0v) is 27.5. The Morgan fingerprint density at radius 2 is 1.76 bits per heavy atom. The third-order valence-electron chi connectivity index (χ3n) is 10.1. The highest BCUT2D eigenvalue weighted by molar-refractivity contribution is 6.30. The minimum absolute atomic E-state index is 0.230. The van der Waals surface area contributed by atoms with Crippen LogP contribution in [0.25, 0.3) is 0 Å². The van der Waals surface area contributed by atoms with Crippen molar-refractivity contribution in [2.45, 2.75) is 108 Å². The molecular weight excluding hydrogens is 606 g/mol. The first kappa shape index (κ1) is 33.8.